The summed E-state index contributed by atoms with van der Waals surface area (Å²) in [6.45, 7) is 2.87. The van der Waals surface area contributed by atoms with E-state index in [1.165, 1.54) is 21.8 Å². The molecule has 0 bridgehead atoms. The van der Waals surface area contributed by atoms with Crippen molar-refractivity contribution in [2.24, 2.45) is 0 Å². The predicted molar refractivity (Wildman–Crippen MR) is 82.6 cm³/mol. The first-order chi connectivity index (χ1) is 10.1. The molecule has 1 aliphatic heterocycles. The van der Waals surface area contributed by atoms with Crippen LogP contribution in [0.15, 0.2) is 47.4 Å². The van der Waals surface area contributed by atoms with Gasteiger partial charge in [0.05, 0.1) is 0 Å². The van der Waals surface area contributed by atoms with Gasteiger partial charge in [-0.25, -0.2) is 0 Å². The highest BCUT2D eigenvalue weighted by Crippen LogP contribution is 2.28. The summed E-state index contributed by atoms with van der Waals surface area (Å²) < 4.78 is 1.45. The number of hydrogen-bond donors (Lipinski definition) is 0. The molecule has 1 amide bonds. The summed E-state index contributed by atoms with van der Waals surface area (Å²) in [5.74, 6) is -0.0342. The van der Waals surface area contributed by atoms with Crippen LogP contribution in [0, 0.1) is 6.92 Å². The van der Waals surface area contributed by atoms with Crippen molar-refractivity contribution in [3.63, 3.8) is 0 Å². The predicted octanol–water partition coefficient (Wildman–Crippen LogP) is 2.14. The minimum Gasteiger partial charge on any atom is -0.311 e. The van der Waals surface area contributed by atoms with Gasteiger partial charge in [0.2, 0.25) is 5.91 Å². The first-order valence-electron chi connectivity index (χ1n) is 7.20. The molecule has 1 aromatic heterocycles. The topological polar surface area (TPSA) is 42.3 Å². The third kappa shape index (κ3) is 2.75. The fraction of sp³-hybridized carbons (Fsp3) is 0.294. The second-order valence-electron chi connectivity index (χ2n) is 5.45. The Kier molecular flexibility index (Phi) is 3.60. The number of pyridine rings is 1. The molecular formula is C17H18N2O2. The van der Waals surface area contributed by atoms with E-state index in [0.717, 1.165) is 25.1 Å². The lowest BCUT2D eigenvalue weighted by molar-refractivity contribution is -0.119. The van der Waals surface area contributed by atoms with Gasteiger partial charge in [-0.05, 0) is 37.5 Å². The second-order valence-corrected chi connectivity index (χ2v) is 5.45. The van der Waals surface area contributed by atoms with Crippen LogP contribution >= 0.6 is 0 Å². The zero-order valence-electron chi connectivity index (χ0n) is 12.1. The van der Waals surface area contributed by atoms with Crippen LogP contribution in [0.5, 0.6) is 0 Å². The number of fused-ring (bicyclic) bond motifs is 1. The van der Waals surface area contributed by atoms with E-state index in [4.69, 9.17) is 0 Å². The Labute approximate surface area is 123 Å². The maximum atomic E-state index is 12.5. The number of amides is 1. The molecule has 4 heteroatoms. The van der Waals surface area contributed by atoms with Crippen LogP contribution in [0.2, 0.25) is 0 Å². The summed E-state index contributed by atoms with van der Waals surface area (Å²) in [5.41, 5.74) is 3.27. The average Bonchev–Trinajstić information content (AvgIpc) is 2.48. The Balaban J connectivity index is 1.87. The summed E-state index contributed by atoms with van der Waals surface area (Å²) in [6, 6.07) is 11.1. The minimum atomic E-state index is -0.146. The van der Waals surface area contributed by atoms with Crippen LogP contribution in [0.25, 0.3) is 0 Å². The summed E-state index contributed by atoms with van der Waals surface area (Å²) in [7, 11) is 0. The highest BCUT2D eigenvalue weighted by atomic mass is 16.2. The van der Waals surface area contributed by atoms with Gasteiger partial charge in [0.15, 0.2) is 0 Å². The number of aryl methyl sites for hydroxylation is 2. The van der Waals surface area contributed by atoms with Gasteiger partial charge in [-0.2, -0.15) is 0 Å². The Morgan fingerprint density at radius 1 is 1.24 bits per heavy atom. The molecule has 0 saturated heterocycles. The van der Waals surface area contributed by atoms with Gasteiger partial charge in [0, 0.05) is 24.5 Å². The number of anilines is 1. The molecule has 108 valence electrons. The number of rotatable bonds is 2. The van der Waals surface area contributed by atoms with Crippen molar-refractivity contribution in [2.75, 3.05) is 11.4 Å². The zero-order chi connectivity index (χ0) is 14.8. The van der Waals surface area contributed by atoms with E-state index < -0.39 is 0 Å². The fourth-order valence-electron chi connectivity index (χ4n) is 2.81. The highest BCUT2D eigenvalue weighted by Gasteiger charge is 2.22. The maximum absolute atomic E-state index is 12.5. The van der Waals surface area contributed by atoms with Crippen LogP contribution in [-0.4, -0.2) is 17.0 Å². The van der Waals surface area contributed by atoms with Gasteiger partial charge >= 0.3 is 0 Å². The van der Waals surface area contributed by atoms with Crippen LogP contribution in [-0.2, 0) is 17.8 Å². The molecule has 0 atom stereocenters. The molecule has 2 heterocycles. The smallest absolute Gasteiger partial charge is 0.250 e. The van der Waals surface area contributed by atoms with Crippen molar-refractivity contribution in [2.45, 2.75) is 26.3 Å². The Bertz CT molecular complexity index is 734. The van der Waals surface area contributed by atoms with E-state index in [1.54, 1.807) is 23.2 Å². The fourth-order valence-corrected chi connectivity index (χ4v) is 2.81. The molecule has 3 rings (SSSR count). The molecule has 0 aliphatic carbocycles. The van der Waals surface area contributed by atoms with Crippen molar-refractivity contribution in [1.82, 2.24) is 4.57 Å². The number of nitrogens with zero attached hydrogens (tertiary/aromatic N) is 2. The average molecular weight is 282 g/mol. The van der Waals surface area contributed by atoms with E-state index in [-0.39, 0.29) is 18.0 Å². The molecule has 2 aromatic rings. The quantitative estimate of drug-likeness (QED) is 0.847. The van der Waals surface area contributed by atoms with Crippen molar-refractivity contribution in [3.8, 4) is 0 Å². The highest BCUT2D eigenvalue weighted by molar-refractivity contribution is 5.94. The first-order valence-corrected chi connectivity index (χ1v) is 7.20. The SMILES string of the molecule is Cc1ccc2c(c1)CCCN2C(=O)Cn1ccccc1=O. The van der Waals surface area contributed by atoms with E-state index in [1.807, 2.05) is 12.1 Å². The summed E-state index contributed by atoms with van der Waals surface area (Å²) in [5, 5.41) is 0. The molecule has 4 nitrogen and oxygen atoms in total. The number of carbonyl (C=O) groups excluding carboxylic acids is 1. The molecule has 0 spiro atoms. The van der Waals surface area contributed by atoms with Crippen molar-refractivity contribution in [1.29, 1.82) is 0 Å². The Morgan fingerprint density at radius 3 is 2.90 bits per heavy atom. The lowest BCUT2D eigenvalue weighted by Gasteiger charge is -2.30. The summed E-state index contributed by atoms with van der Waals surface area (Å²) >= 11 is 0. The lowest BCUT2D eigenvalue weighted by Crippen LogP contribution is -2.39. The molecule has 1 aromatic carbocycles. The molecule has 21 heavy (non-hydrogen) atoms. The van der Waals surface area contributed by atoms with Crippen LogP contribution in [0.3, 0.4) is 0 Å². The van der Waals surface area contributed by atoms with Crippen LogP contribution in [0.1, 0.15) is 17.5 Å². The third-order valence-corrected chi connectivity index (χ3v) is 3.86. The van der Waals surface area contributed by atoms with E-state index >= 15 is 0 Å². The standard InChI is InChI=1S/C17H18N2O2/c1-13-7-8-15-14(11-13)5-4-10-19(15)17(21)12-18-9-3-2-6-16(18)20/h2-3,6-9,11H,4-5,10,12H2,1H3. The van der Waals surface area contributed by atoms with Gasteiger partial charge in [-0.15, -0.1) is 0 Å². The molecule has 0 N–H and O–H groups in total. The number of hydrogen-bond acceptors (Lipinski definition) is 2. The normalized spacial score (nSPS) is 13.9. The van der Waals surface area contributed by atoms with E-state index in [9.17, 15) is 9.59 Å². The molecule has 0 saturated carbocycles. The van der Waals surface area contributed by atoms with E-state index in [2.05, 4.69) is 13.0 Å². The molecular weight excluding hydrogens is 264 g/mol. The van der Waals surface area contributed by atoms with E-state index in [0.29, 0.717) is 0 Å². The second kappa shape index (κ2) is 5.56. The largest absolute Gasteiger partial charge is 0.311 e. The number of benzene rings is 1. The van der Waals surface area contributed by atoms with Crippen molar-refractivity contribution in [3.05, 3.63) is 64.1 Å². The van der Waals surface area contributed by atoms with Crippen LogP contribution < -0.4 is 10.5 Å². The molecule has 0 unspecified atom stereocenters. The lowest BCUT2D eigenvalue weighted by atomic mass is 9.99. The summed E-state index contributed by atoms with van der Waals surface area (Å²) in [4.78, 5) is 26.1. The third-order valence-electron chi connectivity index (χ3n) is 3.86. The van der Waals surface area contributed by atoms with Gasteiger partial charge in [-0.3, -0.25) is 9.59 Å². The van der Waals surface area contributed by atoms with Gasteiger partial charge in [0.1, 0.15) is 6.54 Å². The number of carbonyl (C=O) groups is 1. The van der Waals surface area contributed by atoms with Gasteiger partial charge in [0.25, 0.3) is 5.56 Å². The minimum absolute atomic E-state index is 0.0342. The summed E-state index contributed by atoms with van der Waals surface area (Å²) in [6.07, 6.45) is 3.62. The Hall–Kier alpha value is -2.36. The zero-order valence-corrected chi connectivity index (χ0v) is 12.1. The van der Waals surface area contributed by atoms with Crippen molar-refractivity contribution < 1.29 is 4.79 Å². The molecule has 0 fully saturated rings. The van der Waals surface area contributed by atoms with Crippen LogP contribution in [0.4, 0.5) is 5.69 Å². The molecule has 1 aliphatic rings. The monoisotopic (exact) mass is 282 g/mol. The maximum Gasteiger partial charge on any atom is 0.250 e. The Morgan fingerprint density at radius 2 is 2.10 bits per heavy atom. The van der Waals surface area contributed by atoms with Crippen molar-refractivity contribution >= 4 is 11.6 Å². The van der Waals surface area contributed by atoms with Gasteiger partial charge in [-0.1, -0.05) is 23.8 Å². The number of aromatic nitrogens is 1. The first kappa shape index (κ1) is 13.6. The van der Waals surface area contributed by atoms with Gasteiger partial charge < -0.3 is 9.47 Å². The molecule has 0 radical (unpaired) electrons.